The Balaban J connectivity index is 1.49. The highest BCUT2D eigenvalue weighted by Gasteiger charge is 2.40. The minimum atomic E-state index is 0.278. The average Bonchev–Trinajstić information content (AvgIpc) is 3.17. The van der Waals surface area contributed by atoms with E-state index in [4.69, 9.17) is 14.2 Å². The van der Waals surface area contributed by atoms with Crippen molar-refractivity contribution >= 4 is 0 Å². The summed E-state index contributed by atoms with van der Waals surface area (Å²) in [5, 5.41) is 0. The number of hydrogen-bond donors (Lipinski definition) is 2. The molecule has 0 aromatic heterocycles. The van der Waals surface area contributed by atoms with E-state index in [2.05, 4.69) is 40.0 Å². The number of nitrogens with one attached hydrogen (secondary N) is 2. The summed E-state index contributed by atoms with van der Waals surface area (Å²) in [6, 6.07) is 15.2. The molecule has 0 spiro atoms. The predicted octanol–water partition coefficient (Wildman–Crippen LogP) is 2.75. The van der Waals surface area contributed by atoms with Gasteiger partial charge in [0.25, 0.3) is 0 Å². The van der Waals surface area contributed by atoms with Gasteiger partial charge in [0, 0.05) is 43.2 Å². The van der Waals surface area contributed by atoms with Crippen LogP contribution in [0.2, 0.25) is 0 Å². The summed E-state index contributed by atoms with van der Waals surface area (Å²) in [4.78, 5) is 2.52. The summed E-state index contributed by atoms with van der Waals surface area (Å²) in [6.07, 6.45) is 1.12. The maximum atomic E-state index is 5.59. The lowest BCUT2D eigenvalue weighted by molar-refractivity contribution is 0.147. The number of fused-ring (bicyclic) bond motifs is 1. The second-order valence-electron chi connectivity index (χ2n) is 7.51. The molecule has 2 aliphatic rings. The normalized spacial score (nSPS) is 24.6. The predicted molar refractivity (Wildman–Crippen MR) is 109 cm³/mol. The van der Waals surface area contributed by atoms with E-state index in [-0.39, 0.29) is 6.04 Å². The number of rotatable bonds is 6. The van der Waals surface area contributed by atoms with Crippen molar-refractivity contribution in [3.63, 3.8) is 0 Å². The highest BCUT2D eigenvalue weighted by molar-refractivity contribution is 5.40. The molecule has 0 amide bonds. The first-order valence-corrected chi connectivity index (χ1v) is 9.80. The third-order valence-corrected chi connectivity index (χ3v) is 5.94. The molecule has 0 aliphatic carbocycles. The second-order valence-corrected chi connectivity index (χ2v) is 7.51. The van der Waals surface area contributed by atoms with E-state index in [1.54, 1.807) is 21.3 Å². The summed E-state index contributed by atoms with van der Waals surface area (Å²) in [5.74, 6) is 3.11. The van der Waals surface area contributed by atoms with Crippen molar-refractivity contribution in [1.29, 1.82) is 0 Å². The fourth-order valence-corrected chi connectivity index (χ4v) is 4.41. The van der Waals surface area contributed by atoms with Crippen molar-refractivity contribution in [3.05, 3.63) is 53.6 Å². The maximum Gasteiger partial charge on any atom is 0.127 e. The Morgan fingerprint density at radius 3 is 2.57 bits per heavy atom. The molecule has 3 atom stereocenters. The lowest BCUT2D eigenvalue weighted by Gasteiger charge is -2.36. The van der Waals surface area contributed by atoms with Crippen molar-refractivity contribution in [1.82, 2.24) is 15.8 Å². The van der Waals surface area contributed by atoms with Crippen molar-refractivity contribution in [3.8, 4) is 17.2 Å². The van der Waals surface area contributed by atoms with Gasteiger partial charge in [0.2, 0.25) is 0 Å². The smallest absolute Gasteiger partial charge is 0.127 e. The monoisotopic (exact) mass is 383 g/mol. The number of hydrazine groups is 1. The molecule has 150 valence electrons. The molecule has 0 saturated carbocycles. The van der Waals surface area contributed by atoms with Gasteiger partial charge in [-0.1, -0.05) is 18.2 Å². The zero-order valence-electron chi connectivity index (χ0n) is 16.8. The average molecular weight is 383 g/mol. The first-order valence-electron chi connectivity index (χ1n) is 9.80. The van der Waals surface area contributed by atoms with Gasteiger partial charge in [-0.2, -0.15) is 0 Å². The van der Waals surface area contributed by atoms with Crippen LogP contribution >= 0.6 is 0 Å². The number of likely N-dealkylation sites (tertiary alicyclic amines) is 1. The van der Waals surface area contributed by atoms with E-state index in [0.29, 0.717) is 12.0 Å². The van der Waals surface area contributed by atoms with Crippen LogP contribution in [0.3, 0.4) is 0 Å². The zero-order valence-corrected chi connectivity index (χ0v) is 16.8. The summed E-state index contributed by atoms with van der Waals surface area (Å²) in [7, 11) is 5.11. The minimum absolute atomic E-state index is 0.278. The molecule has 2 saturated heterocycles. The SMILES string of the molecule is COc1cccc(C2NNC3CCN(Cc4ccc(OC)cc4OC)CC32)c1. The van der Waals surface area contributed by atoms with E-state index >= 15 is 0 Å². The summed E-state index contributed by atoms with van der Waals surface area (Å²) in [5.41, 5.74) is 9.48. The fraction of sp³-hybridized carbons (Fsp3) is 0.455. The molecule has 2 fully saturated rings. The summed E-state index contributed by atoms with van der Waals surface area (Å²) >= 11 is 0. The van der Waals surface area contributed by atoms with Gasteiger partial charge in [-0.25, -0.2) is 5.43 Å². The summed E-state index contributed by atoms with van der Waals surface area (Å²) in [6.45, 7) is 2.97. The molecule has 0 bridgehead atoms. The topological polar surface area (TPSA) is 55.0 Å². The Hall–Kier alpha value is -2.28. The molecule has 6 heteroatoms. The fourth-order valence-electron chi connectivity index (χ4n) is 4.41. The zero-order chi connectivity index (χ0) is 19.5. The third kappa shape index (κ3) is 3.81. The Labute approximate surface area is 166 Å². The number of nitrogens with zero attached hydrogens (tertiary/aromatic N) is 1. The van der Waals surface area contributed by atoms with Crippen LogP contribution in [0.1, 0.15) is 23.6 Å². The molecular formula is C22H29N3O3. The lowest BCUT2D eigenvalue weighted by Crippen LogP contribution is -2.45. The van der Waals surface area contributed by atoms with Gasteiger partial charge >= 0.3 is 0 Å². The molecule has 6 nitrogen and oxygen atoms in total. The van der Waals surface area contributed by atoms with Crippen LogP contribution in [0.15, 0.2) is 42.5 Å². The molecule has 28 heavy (non-hydrogen) atoms. The second kappa shape index (κ2) is 8.39. The maximum absolute atomic E-state index is 5.59. The number of methoxy groups -OCH3 is 3. The molecule has 2 aromatic rings. The van der Waals surface area contributed by atoms with Crippen LogP contribution in [0.5, 0.6) is 17.2 Å². The van der Waals surface area contributed by atoms with Gasteiger partial charge in [-0.3, -0.25) is 10.3 Å². The number of hydrogen-bond acceptors (Lipinski definition) is 6. The molecule has 4 rings (SSSR count). The van der Waals surface area contributed by atoms with Gasteiger partial charge in [0.15, 0.2) is 0 Å². The van der Waals surface area contributed by atoms with Crippen LogP contribution in [0, 0.1) is 5.92 Å². The van der Waals surface area contributed by atoms with Crippen LogP contribution in [-0.2, 0) is 6.54 Å². The number of benzene rings is 2. The van der Waals surface area contributed by atoms with Gasteiger partial charge in [-0.15, -0.1) is 0 Å². The van der Waals surface area contributed by atoms with Crippen LogP contribution < -0.4 is 25.1 Å². The van der Waals surface area contributed by atoms with Crippen LogP contribution in [0.4, 0.5) is 0 Å². The number of ether oxygens (including phenoxy) is 3. The molecular weight excluding hydrogens is 354 g/mol. The molecule has 2 N–H and O–H groups in total. The molecule has 2 aromatic carbocycles. The number of piperidine rings is 1. The van der Waals surface area contributed by atoms with Crippen LogP contribution in [-0.4, -0.2) is 45.4 Å². The van der Waals surface area contributed by atoms with Crippen molar-refractivity contribution in [2.24, 2.45) is 5.92 Å². The van der Waals surface area contributed by atoms with E-state index in [1.807, 2.05) is 18.2 Å². The van der Waals surface area contributed by atoms with E-state index in [9.17, 15) is 0 Å². The molecule has 0 radical (unpaired) electrons. The summed E-state index contributed by atoms with van der Waals surface area (Å²) < 4.78 is 16.3. The van der Waals surface area contributed by atoms with Gasteiger partial charge in [-0.05, 0) is 30.2 Å². The largest absolute Gasteiger partial charge is 0.497 e. The highest BCUT2D eigenvalue weighted by Crippen LogP contribution is 2.36. The Morgan fingerprint density at radius 1 is 0.964 bits per heavy atom. The first-order chi connectivity index (χ1) is 13.7. The Morgan fingerprint density at radius 2 is 1.79 bits per heavy atom. The Bertz CT molecular complexity index is 813. The molecule has 2 aliphatic heterocycles. The van der Waals surface area contributed by atoms with Gasteiger partial charge in [0.05, 0.1) is 27.4 Å². The van der Waals surface area contributed by atoms with E-state index < -0.39 is 0 Å². The third-order valence-electron chi connectivity index (χ3n) is 5.94. The minimum Gasteiger partial charge on any atom is -0.497 e. The van der Waals surface area contributed by atoms with E-state index in [1.165, 1.54) is 11.1 Å². The van der Waals surface area contributed by atoms with Gasteiger partial charge < -0.3 is 14.2 Å². The van der Waals surface area contributed by atoms with Crippen molar-refractivity contribution in [2.75, 3.05) is 34.4 Å². The lowest BCUT2D eigenvalue weighted by atomic mass is 9.85. The van der Waals surface area contributed by atoms with Crippen molar-refractivity contribution in [2.45, 2.75) is 25.0 Å². The standard InChI is InChI=1S/C22H29N3O3/c1-26-17-6-4-5-15(11-17)22-19-14-25(10-9-20(19)23-24-22)13-16-7-8-18(27-2)12-21(16)28-3/h4-8,11-12,19-20,22-24H,9-10,13-14H2,1-3H3. The van der Waals surface area contributed by atoms with Gasteiger partial charge in [0.1, 0.15) is 17.2 Å². The highest BCUT2D eigenvalue weighted by atomic mass is 16.5. The molecule has 3 unspecified atom stereocenters. The van der Waals surface area contributed by atoms with Crippen molar-refractivity contribution < 1.29 is 14.2 Å². The first kappa shape index (κ1) is 19.1. The van der Waals surface area contributed by atoms with Crippen LogP contribution in [0.25, 0.3) is 0 Å². The Kier molecular flexibility index (Phi) is 5.71. The quantitative estimate of drug-likeness (QED) is 0.800. The van der Waals surface area contributed by atoms with E-state index in [0.717, 1.165) is 43.3 Å². The molecule has 2 heterocycles.